The van der Waals surface area contributed by atoms with Crippen LogP contribution in [0.15, 0.2) is 12.7 Å². The van der Waals surface area contributed by atoms with Crippen molar-refractivity contribution in [3.8, 4) is 5.75 Å². The number of anilines is 2. The van der Waals surface area contributed by atoms with Gasteiger partial charge in [-0.25, -0.2) is 15.0 Å². The maximum atomic E-state index is 5.67. The Labute approximate surface area is 104 Å². The molecule has 0 radical (unpaired) electrons. The first-order valence-electron chi connectivity index (χ1n) is 5.43. The second-order valence-corrected chi connectivity index (χ2v) is 3.65. The standard InChI is InChI=1S/C10H15N7O/c1-17-6-15-7(16-17)3-4-12-10-8(18-2)9(11)13-5-14-10/h5-6H,3-4H2,1-2H3,(H3,11,12,13,14). The smallest absolute Gasteiger partial charge is 0.203 e. The molecule has 0 saturated carbocycles. The summed E-state index contributed by atoms with van der Waals surface area (Å²) in [6.45, 7) is 0.636. The van der Waals surface area contributed by atoms with E-state index in [0.29, 0.717) is 30.4 Å². The highest BCUT2D eigenvalue weighted by Crippen LogP contribution is 2.25. The van der Waals surface area contributed by atoms with E-state index >= 15 is 0 Å². The summed E-state index contributed by atoms with van der Waals surface area (Å²) in [7, 11) is 3.36. The molecule has 18 heavy (non-hydrogen) atoms. The Kier molecular flexibility index (Phi) is 3.56. The van der Waals surface area contributed by atoms with Gasteiger partial charge in [-0.05, 0) is 0 Å². The zero-order chi connectivity index (χ0) is 13.0. The Morgan fingerprint density at radius 2 is 2.22 bits per heavy atom. The van der Waals surface area contributed by atoms with E-state index in [2.05, 4.69) is 25.4 Å². The van der Waals surface area contributed by atoms with Gasteiger partial charge in [-0.3, -0.25) is 4.68 Å². The molecule has 0 unspecified atom stereocenters. The van der Waals surface area contributed by atoms with Crippen LogP contribution in [0.25, 0.3) is 0 Å². The normalized spacial score (nSPS) is 10.3. The summed E-state index contributed by atoms with van der Waals surface area (Å²) in [4.78, 5) is 12.1. The number of nitrogens with one attached hydrogen (secondary N) is 1. The van der Waals surface area contributed by atoms with Crippen LogP contribution in [-0.2, 0) is 13.5 Å². The van der Waals surface area contributed by atoms with Gasteiger partial charge >= 0.3 is 0 Å². The number of nitrogen functional groups attached to an aromatic ring is 1. The summed E-state index contributed by atoms with van der Waals surface area (Å²) < 4.78 is 6.80. The first-order valence-corrected chi connectivity index (χ1v) is 5.43. The van der Waals surface area contributed by atoms with Crippen LogP contribution in [0.3, 0.4) is 0 Å². The van der Waals surface area contributed by atoms with Gasteiger partial charge in [0.05, 0.1) is 7.11 Å². The molecule has 0 amide bonds. The molecule has 0 saturated heterocycles. The van der Waals surface area contributed by atoms with E-state index in [0.717, 1.165) is 5.82 Å². The minimum Gasteiger partial charge on any atom is -0.490 e. The van der Waals surface area contributed by atoms with Crippen molar-refractivity contribution in [3.05, 3.63) is 18.5 Å². The average Bonchev–Trinajstić information content (AvgIpc) is 2.75. The van der Waals surface area contributed by atoms with E-state index in [4.69, 9.17) is 10.5 Å². The first kappa shape index (κ1) is 12.1. The molecular weight excluding hydrogens is 234 g/mol. The highest BCUT2D eigenvalue weighted by atomic mass is 16.5. The summed E-state index contributed by atoms with van der Waals surface area (Å²) in [6.07, 6.45) is 3.74. The summed E-state index contributed by atoms with van der Waals surface area (Å²) in [5.74, 6) is 2.10. The number of aryl methyl sites for hydroxylation is 1. The lowest BCUT2D eigenvalue weighted by molar-refractivity contribution is 0.415. The fraction of sp³-hybridized carbons (Fsp3) is 0.400. The molecule has 96 valence electrons. The minimum absolute atomic E-state index is 0.311. The number of nitrogens with zero attached hydrogens (tertiary/aromatic N) is 5. The summed E-state index contributed by atoms with van der Waals surface area (Å²) in [6, 6.07) is 0. The quantitative estimate of drug-likeness (QED) is 0.759. The van der Waals surface area contributed by atoms with Gasteiger partial charge < -0.3 is 15.8 Å². The van der Waals surface area contributed by atoms with Crippen LogP contribution < -0.4 is 15.8 Å². The van der Waals surface area contributed by atoms with Gasteiger partial charge in [0, 0.05) is 20.0 Å². The van der Waals surface area contributed by atoms with Crippen molar-refractivity contribution in [2.45, 2.75) is 6.42 Å². The molecule has 0 aliphatic rings. The molecule has 0 atom stereocenters. The van der Waals surface area contributed by atoms with Crippen molar-refractivity contribution in [1.82, 2.24) is 24.7 Å². The van der Waals surface area contributed by atoms with Crippen LogP contribution in [0.5, 0.6) is 5.75 Å². The van der Waals surface area contributed by atoms with Crippen LogP contribution >= 0.6 is 0 Å². The van der Waals surface area contributed by atoms with Crippen LogP contribution in [0.2, 0.25) is 0 Å². The Morgan fingerprint density at radius 3 is 2.89 bits per heavy atom. The fourth-order valence-corrected chi connectivity index (χ4v) is 1.51. The maximum absolute atomic E-state index is 5.67. The molecule has 8 heteroatoms. The van der Waals surface area contributed by atoms with E-state index in [1.807, 2.05) is 7.05 Å². The topological polar surface area (TPSA) is 104 Å². The Balaban J connectivity index is 1.96. The summed E-state index contributed by atoms with van der Waals surface area (Å²) >= 11 is 0. The lowest BCUT2D eigenvalue weighted by Crippen LogP contribution is -2.10. The molecule has 2 aromatic rings. The minimum atomic E-state index is 0.311. The second-order valence-electron chi connectivity index (χ2n) is 3.65. The SMILES string of the molecule is COc1c(N)ncnc1NCCc1ncn(C)n1. The maximum Gasteiger partial charge on any atom is 0.203 e. The molecule has 3 N–H and O–H groups in total. The Morgan fingerprint density at radius 1 is 1.39 bits per heavy atom. The van der Waals surface area contributed by atoms with Gasteiger partial charge in [0.15, 0.2) is 17.5 Å². The zero-order valence-electron chi connectivity index (χ0n) is 10.3. The lowest BCUT2D eigenvalue weighted by atomic mass is 10.4. The van der Waals surface area contributed by atoms with Gasteiger partial charge in [-0.15, -0.1) is 0 Å². The van der Waals surface area contributed by atoms with Gasteiger partial charge in [0.2, 0.25) is 5.75 Å². The van der Waals surface area contributed by atoms with E-state index < -0.39 is 0 Å². The molecule has 0 aromatic carbocycles. The van der Waals surface area contributed by atoms with Crippen molar-refractivity contribution in [2.24, 2.45) is 7.05 Å². The molecule has 8 nitrogen and oxygen atoms in total. The van der Waals surface area contributed by atoms with Gasteiger partial charge in [0.1, 0.15) is 12.7 Å². The highest BCUT2D eigenvalue weighted by Gasteiger charge is 2.09. The van der Waals surface area contributed by atoms with Crippen LogP contribution in [0.1, 0.15) is 5.82 Å². The summed E-state index contributed by atoms with van der Waals surface area (Å²) in [5.41, 5.74) is 5.67. The zero-order valence-corrected chi connectivity index (χ0v) is 10.3. The number of hydrogen-bond acceptors (Lipinski definition) is 7. The first-order chi connectivity index (χ1) is 8.70. The number of ether oxygens (including phenoxy) is 1. The van der Waals surface area contributed by atoms with Gasteiger partial charge in [0.25, 0.3) is 0 Å². The highest BCUT2D eigenvalue weighted by molar-refractivity contribution is 5.61. The predicted molar refractivity (Wildman–Crippen MR) is 66.2 cm³/mol. The molecule has 2 heterocycles. The van der Waals surface area contributed by atoms with Crippen LogP contribution in [0.4, 0.5) is 11.6 Å². The molecule has 0 fully saturated rings. The fourth-order valence-electron chi connectivity index (χ4n) is 1.51. The van der Waals surface area contributed by atoms with E-state index in [1.54, 1.807) is 11.0 Å². The van der Waals surface area contributed by atoms with Crippen molar-refractivity contribution in [3.63, 3.8) is 0 Å². The number of methoxy groups -OCH3 is 1. The monoisotopic (exact) mass is 249 g/mol. The number of rotatable bonds is 5. The largest absolute Gasteiger partial charge is 0.490 e. The molecule has 0 aliphatic carbocycles. The molecular formula is C10H15N7O. The van der Waals surface area contributed by atoms with Crippen LogP contribution in [-0.4, -0.2) is 38.4 Å². The van der Waals surface area contributed by atoms with Crippen molar-refractivity contribution >= 4 is 11.6 Å². The third kappa shape index (κ3) is 2.65. The average molecular weight is 249 g/mol. The third-order valence-corrected chi connectivity index (χ3v) is 2.32. The van der Waals surface area contributed by atoms with E-state index in [1.165, 1.54) is 13.4 Å². The number of aromatic nitrogens is 5. The number of nitrogens with two attached hydrogens (primary N) is 1. The van der Waals surface area contributed by atoms with Crippen molar-refractivity contribution < 1.29 is 4.74 Å². The molecule has 2 rings (SSSR count). The van der Waals surface area contributed by atoms with E-state index in [9.17, 15) is 0 Å². The van der Waals surface area contributed by atoms with Crippen molar-refractivity contribution in [2.75, 3.05) is 24.7 Å². The van der Waals surface area contributed by atoms with Gasteiger partial charge in [-0.1, -0.05) is 0 Å². The van der Waals surface area contributed by atoms with Gasteiger partial charge in [-0.2, -0.15) is 5.10 Å². The Hall–Kier alpha value is -2.38. The van der Waals surface area contributed by atoms with E-state index in [-0.39, 0.29) is 0 Å². The second kappa shape index (κ2) is 5.30. The van der Waals surface area contributed by atoms with Crippen molar-refractivity contribution in [1.29, 1.82) is 0 Å². The summed E-state index contributed by atoms with van der Waals surface area (Å²) in [5, 5.41) is 7.30. The molecule has 0 spiro atoms. The lowest BCUT2D eigenvalue weighted by Gasteiger charge is -2.09. The molecule has 2 aromatic heterocycles. The molecule has 0 bridgehead atoms. The number of hydrogen-bond donors (Lipinski definition) is 2. The third-order valence-electron chi connectivity index (χ3n) is 2.32. The molecule has 0 aliphatic heterocycles. The predicted octanol–water partition coefficient (Wildman–Crippen LogP) is -0.150. The van der Waals surface area contributed by atoms with Crippen LogP contribution in [0, 0.1) is 0 Å². The Bertz CT molecular complexity index is 525.